The van der Waals surface area contributed by atoms with Crippen LogP contribution in [0.4, 0.5) is 0 Å². The average Bonchev–Trinajstić information content (AvgIpc) is 2.93. The molecule has 1 N–H and O–H groups in total. The molecule has 2 heterocycles. The van der Waals surface area contributed by atoms with Crippen molar-refractivity contribution in [2.75, 3.05) is 13.1 Å². The first kappa shape index (κ1) is 14.6. The van der Waals surface area contributed by atoms with E-state index < -0.39 is 0 Å². The van der Waals surface area contributed by atoms with Gasteiger partial charge in [-0.05, 0) is 57.4 Å². The van der Waals surface area contributed by atoms with Crippen molar-refractivity contribution in [1.82, 2.24) is 15.5 Å². The Hall–Kier alpha value is 0.180. The number of thiophene rings is 1. The lowest BCUT2D eigenvalue weighted by Gasteiger charge is -1.97. The van der Waals surface area contributed by atoms with Crippen LogP contribution in [0.3, 0.4) is 0 Å². The number of hydrogen-bond donors (Lipinski definition) is 1. The summed E-state index contributed by atoms with van der Waals surface area (Å²) < 4.78 is 2.17. The quantitative estimate of drug-likeness (QED) is 0.720. The van der Waals surface area contributed by atoms with E-state index in [2.05, 4.69) is 60.4 Å². The summed E-state index contributed by atoms with van der Waals surface area (Å²) in [6.45, 7) is 4.19. The molecule has 98 valence electrons. The summed E-state index contributed by atoms with van der Waals surface area (Å²) in [5.74, 6) is 0. The molecule has 0 radical (unpaired) electrons. The van der Waals surface area contributed by atoms with Gasteiger partial charge >= 0.3 is 0 Å². The van der Waals surface area contributed by atoms with Crippen LogP contribution in [-0.4, -0.2) is 23.3 Å². The van der Waals surface area contributed by atoms with Crippen molar-refractivity contribution in [3.05, 3.63) is 19.3 Å². The Morgan fingerprint density at radius 2 is 2.11 bits per heavy atom. The summed E-state index contributed by atoms with van der Waals surface area (Å²) in [5.41, 5.74) is 0. The highest BCUT2D eigenvalue weighted by atomic mass is 79.9. The van der Waals surface area contributed by atoms with Gasteiger partial charge in [-0.25, -0.2) is 0 Å². The number of aryl methyl sites for hydroxylation is 1. The van der Waals surface area contributed by atoms with E-state index in [1.807, 2.05) is 0 Å². The fourth-order valence-corrected chi connectivity index (χ4v) is 4.41. The van der Waals surface area contributed by atoms with Gasteiger partial charge in [0.15, 0.2) is 5.01 Å². The molecule has 0 saturated carbocycles. The number of nitrogens with one attached hydrogen (secondary N) is 1. The van der Waals surface area contributed by atoms with Crippen LogP contribution in [0.1, 0.15) is 18.4 Å². The molecule has 0 bridgehead atoms. The van der Waals surface area contributed by atoms with E-state index in [-0.39, 0.29) is 0 Å². The molecule has 7 heteroatoms. The van der Waals surface area contributed by atoms with Gasteiger partial charge < -0.3 is 5.32 Å². The molecular weight excluding hydrogens is 398 g/mol. The SMILES string of the molecule is CCNCCCc1nnc(-c2cc(Br)c(Br)s2)s1. The Morgan fingerprint density at radius 1 is 1.28 bits per heavy atom. The van der Waals surface area contributed by atoms with Gasteiger partial charge in [0.05, 0.1) is 8.66 Å². The monoisotopic (exact) mass is 409 g/mol. The Balaban J connectivity index is 1.97. The standard InChI is InChI=1S/C11H13Br2N3S2/c1-2-14-5-3-4-9-15-16-11(18-9)8-6-7(12)10(13)17-8/h6,14H,2-5H2,1H3. The third-order valence-corrected chi connectivity index (χ3v) is 6.73. The third-order valence-electron chi connectivity index (χ3n) is 2.32. The number of hydrogen-bond acceptors (Lipinski definition) is 5. The zero-order chi connectivity index (χ0) is 13.0. The van der Waals surface area contributed by atoms with E-state index >= 15 is 0 Å². The van der Waals surface area contributed by atoms with Crippen LogP contribution in [0.5, 0.6) is 0 Å². The van der Waals surface area contributed by atoms with E-state index in [9.17, 15) is 0 Å². The molecule has 0 atom stereocenters. The second kappa shape index (κ2) is 7.09. The summed E-state index contributed by atoms with van der Waals surface area (Å²) in [6, 6.07) is 2.08. The smallest absolute Gasteiger partial charge is 0.157 e. The third kappa shape index (κ3) is 3.84. The lowest BCUT2D eigenvalue weighted by molar-refractivity contribution is 0.669. The van der Waals surface area contributed by atoms with Gasteiger partial charge in [0.2, 0.25) is 0 Å². The molecule has 0 amide bonds. The molecule has 2 aromatic heterocycles. The molecule has 3 nitrogen and oxygen atoms in total. The van der Waals surface area contributed by atoms with E-state index in [4.69, 9.17) is 0 Å². The van der Waals surface area contributed by atoms with Gasteiger partial charge in [-0.15, -0.1) is 21.5 Å². The van der Waals surface area contributed by atoms with E-state index in [0.717, 1.165) is 49.1 Å². The van der Waals surface area contributed by atoms with Crippen molar-refractivity contribution in [2.45, 2.75) is 19.8 Å². The van der Waals surface area contributed by atoms with Crippen LogP contribution >= 0.6 is 54.5 Å². The minimum Gasteiger partial charge on any atom is -0.317 e. The molecule has 2 aromatic rings. The largest absolute Gasteiger partial charge is 0.317 e. The normalized spacial score (nSPS) is 11.1. The first-order valence-corrected chi connectivity index (χ1v) is 8.91. The van der Waals surface area contributed by atoms with Crippen molar-refractivity contribution < 1.29 is 0 Å². The predicted octanol–water partition coefficient (Wildman–Crippen LogP) is 4.33. The topological polar surface area (TPSA) is 37.8 Å². The summed E-state index contributed by atoms with van der Waals surface area (Å²) in [6.07, 6.45) is 2.11. The predicted molar refractivity (Wildman–Crippen MR) is 85.5 cm³/mol. The molecule has 0 aliphatic heterocycles. The fraction of sp³-hybridized carbons (Fsp3) is 0.455. The minimum atomic E-state index is 0.998. The number of aromatic nitrogens is 2. The highest BCUT2D eigenvalue weighted by molar-refractivity contribution is 9.13. The molecule has 18 heavy (non-hydrogen) atoms. The lowest BCUT2D eigenvalue weighted by atomic mass is 10.3. The van der Waals surface area contributed by atoms with Crippen LogP contribution in [0.2, 0.25) is 0 Å². The summed E-state index contributed by atoms with van der Waals surface area (Å²) in [4.78, 5) is 1.16. The number of nitrogens with zero attached hydrogens (tertiary/aromatic N) is 2. The Kier molecular flexibility index (Phi) is 5.75. The molecule has 0 spiro atoms. The molecule has 0 aromatic carbocycles. The van der Waals surface area contributed by atoms with Crippen LogP contribution in [0.25, 0.3) is 9.88 Å². The first-order valence-electron chi connectivity index (χ1n) is 5.69. The molecule has 2 rings (SSSR count). The van der Waals surface area contributed by atoms with Crippen molar-refractivity contribution in [1.29, 1.82) is 0 Å². The molecule has 0 aliphatic carbocycles. The van der Waals surface area contributed by atoms with Gasteiger partial charge in [-0.3, -0.25) is 0 Å². The zero-order valence-corrected chi connectivity index (χ0v) is 14.7. The summed E-state index contributed by atoms with van der Waals surface area (Å²) in [5, 5.41) is 13.9. The zero-order valence-electron chi connectivity index (χ0n) is 9.87. The maximum Gasteiger partial charge on any atom is 0.157 e. The van der Waals surface area contributed by atoms with Crippen LogP contribution in [-0.2, 0) is 6.42 Å². The van der Waals surface area contributed by atoms with Crippen molar-refractivity contribution >= 4 is 54.5 Å². The Morgan fingerprint density at radius 3 is 2.78 bits per heavy atom. The highest BCUT2D eigenvalue weighted by Crippen LogP contribution is 2.39. The Labute approximate surface area is 131 Å². The van der Waals surface area contributed by atoms with E-state index in [0.29, 0.717) is 0 Å². The van der Waals surface area contributed by atoms with Gasteiger partial charge in [0.1, 0.15) is 5.01 Å². The lowest BCUT2D eigenvalue weighted by Crippen LogP contribution is -2.14. The number of halogens is 2. The van der Waals surface area contributed by atoms with Gasteiger partial charge in [-0.1, -0.05) is 18.3 Å². The minimum absolute atomic E-state index is 0.998. The molecule has 0 fully saturated rings. The van der Waals surface area contributed by atoms with E-state index in [1.54, 1.807) is 22.7 Å². The number of rotatable bonds is 6. The fourth-order valence-electron chi connectivity index (χ4n) is 1.45. The van der Waals surface area contributed by atoms with E-state index in [1.165, 1.54) is 0 Å². The highest BCUT2D eigenvalue weighted by Gasteiger charge is 2.11. The molecular formula is C11H13Br2N3S2. The maximum atomic E-state index is 4.26. The second-order valence-electron chi connectivity index (χ2n) is 3.69. The van der Waals surface area contributed by atoms with Gasteiger partial charge in [0.25, 0.3) is 0 Å². The van der Waals surface area contributed by atoms with Crippen LogP contribution in [0, 0.1) is 0 Å². The molecule has 0 saturated heterocycles. The summed E-state index contributed by atoms with van der Waals surface area (Å²) >= 11 is 10.4. The van der Waals surface area contributed by atoms with Crippen molar-refractivity contribution in [3.63, 3.8) is 0 Å². The molecule has 0 aliphatic rings. The second-order valence-corrected chi connectivity index (χ2v) is 7.98. The van der Waals surface area contributed by atoms with Gasteiger partial charge in [-0.2, -0.15) is 0 Å². The first-order chi connectivity index (χ1) is 8.70. The van der Waals surface area contributed by atoms with Crippen LogP contribution < -0.4 is 5.32 Å². The van der Waals surface area contributed by atoms with Gasteiger partial charge in [0, 0.05) is 10.9 Å². The van der Waals surface area contributed by atoms with Crippen LogP contribution in [0.15, 0.2) is 14.3 Å². The average molecular weight is 411 g/mol. The molecule has 0 unspecified atom stereocenters. The maximum absolute atomic E-state index is 4.26. The summed E-state index contributed by atoms with van der Waals surface area (Å²) in [7, 11) is 0. The van der Waals surface area contributed by atoms with Crippen molar-refractivity contribution in [3.8, 4) is 9.88 Å². The Bertz CT molecular complexity index is 491. The van der Waals surface area contributed by atoms with Crippen molar-refractivity contribution in [2.24, 2.45) is 0 Å².